The van der Waals surface area contributed by atoms with E-state index in [0.717, 1.165) is 6.42 Å². The van der Waals surface area contributed by atoms with Gasteiger partial charge in [0.1, 0.15) is 5.75 Å². The minimum atomic E-state index is -1.01. The van der Waals surface area contributed by atoms with Crippen LogP contribution in [0.1, 0.15) is 36.2 Å². The molecule has 0 saturated carbocycles. The van der Waals surface area contributed by atoms with Crippen molar-refractivity contribution in [3.63, 3.8) is 0 Å². The molecule has 0 radical (unpaired) electrons. The van der Waals surface area contributed by atoms with Crippen LogP contribution < -0.4 is 25.0 Å². The number of hydrazone groups is 1. The number of ether oxygens (including phenoxy) is 3. The first-order valence-corrected chi connectivity index (χ1v) is 12.4. The molecule has 0 atom stereocenters. The topological polar surface area (TPSA) is 115 Å². The molecular formula is C27H25Cl2N3O6. The largest absolute Gasteiger partial charge is 0.494 e. The number of hydrogen-bond acceptors (Lipinski definition) is 7. The monoisotopic (exact) mass is 557 g/mol. The molecule has 0 aliphatic carbocycles. The number of nitrogens with one attached hydrogen (secondary N) is 2. The number of anilines is 1. The van der Waals surface area contributed by atoms with Gasteiger partial charge in [0.2, 0.25) is 0 Å². The maximum Gasteiger partial charge on any atom is 0.343 e. The van der Waals surface area contributed by atoms with Crippen LogP contribution >= 0.6 is 23.2 Å². The molecule has 3 aromatic rings. The van der Waals surface area contributed by atoms with E-state index in [1.54, 1.807) is 55.5 Å². The first-order chi connectivity index (χ1) is 18.3. The Morgan fingerprint density at radius 1 is 0.895 bits per heavy atom. The predicted molar refractivity (Wildman–Crippen MR) is 146 cm³/mol. The van der Waals surface area contributed by atoms with Gasteiger partial charge in [-0.2, -0.15) is 5.10 Å². The average Bonchev–Trinajstić information content (AvgIpc) is 2.91. The molecule has 38 heavy (non-hydrogen) atoms. The second-order valence-electron chi connectivity index (χ2n) is 7.68. The molecule has 0 heterocycles. The normalized spacial score (nSPS) is 10.6. The maximum absolute atomic E-state index is 12.6. The van der Waals surface area contributed by atoms with E-state index in [4.69, 9.17) is 37.4 Å². The van der Waals surface area contributed by atoms with Gasteiger partial charge in [-0.25, -0.2) is 10.2 Å². The smallest absolute Gasteiger partial charge is 0.343 e. The summed E-state index contributed by atoms with van der Waals surface area (Å²) in [7, 11) is 0. The van der Waals surface area contributed by atoms with Crippen molar-refractivity contribution in [2.45, 2.75) is 20.3 Å². The molecule has 3 rings (SSSR count). The molecule has 0 fully saturated rings. The van der Waals surface area contributed by atoms with Gasteiger partial charge in [0, 0.05) is 5.02 Å². The van der Waals surface area contributed by atoms with Crippen LogP contribution in [-0.2, 0) is 9.59 Å². The molecule has 0 aliphatic rings. The van der Waals surface area contributed by atoms with Gasteiger partial charge in [-0.1, -0.05) is 30.1 Å². The molecule has 9 nitrogen and oxygen atoms in total. The molecule has 0 saturated heterocycles. The van der Waals surface area contributed by atoms with Crippen LogP contribution in [0.25, 0.3) is 0 Å². The summed E-state index contributed by atoms with van der Waals surface area (Å²) >= 11 is 11.9. The van der Waals surface area contributed by atoms with Gasteiger partial charge in [-0.15, -0.1) is 0 Å². The summed E-state index contributed by atoms with van der Waals surface area (Å²) in [5.41, 5.74) is 3.19. The van der Waals surface area contributed by atoms with Crippen LogP contribution in [0.3, 0.4) is 0 Å². The first-order valence-electron chi connectivity index (χ1n) is 11.6. The molecule has 0 spiro atoms. The Hall–Kier alpha value is -4.08. The Morgan fingerprint density at radius 3 is 2.37 bits per heavy atom. The Labute approximate surface area is 229 Å². The third-order valence-corrected chi connectivity index (χ3v) is 5.36. The van der Waals surface area contributed by atoms with Crippen LogP contribution in [0.5, 0.6) is 17.2 Å². The van der Waals surface area contributed by atoms with Crippen molar-refractivity contribution >= 4 is 52.9 Å². The summed E-state index contributed by atoms with van der Waals surface area (Å²) in [5.74, 6) is -1.38. The quantitative estimate of drug-likeness (QED) is 0.112. The van der Waals surface area contributed by atoms with Gasteiger partial charge in [0.25, 0.3) is 0 Å². The second-order valence-corrected chi connectivity index (χ2v) is 8.52. The standard InChI is InChI=1S/C27H25Cl2N3O6/c1-3-13-37-20-9-6-18(7-10-20)27(35)38-23-12-5-17(14-24(23)36-4-2)16-30-32-26(34)25(33)31-22-15-19(28)8-11-21(22)29/h5-12,14-16H,3-4,13H2,1-2H3,(H,31,33)(H,32,34)/b30-16+. The fourth-order valence-electron chi connectivity index (χ4n) is 3.01. The van der Waals surface area contributed by atoms with Crippen molar-refractivity contribution < 1.29 is 28.6 Å². The van der Waals surface area contributed by atoms with Crippen LogP contribution in [-0.4, -0.2) is 37.2 Å². The molecule has 0 aliphatic heterocycles. The maximum atomic E-state index is 12.6. The fourth-order valence-corrected chi connectivity index (χ4v) is 3.35. The zero-order valence-electron chi connectivity index (χ0n) is 20.6. The van der Waals surface area contributed by atoms with E-state index < -0.39 is 17.8 Å². The summed E-state index contributed by atoms with van der Waals surface area (Å²) in [6.07, 6.45) is 2.19. The van der Waals surface area contributed by atoms with Crippen LogP contribution in [0.15, 0.2) is 65.8 Å². The summed E-state index contributed by atoms with van der Waals surface area (Å²) < 4.78 is 16.6. The number of halogens is 2. The molecule has 0 aromatic heterocycles. The van der Waals surface area contributed by atoms with E-state index in [0.29, 0.717) is 40.9 Å². The third kappa shape index (κ3) is 8.22. The first kappa shape index (κ1) is 28.5. The highest BCUT2D eigenvalue weighted by Gasteiger charge is 2.16. The summed E-state index contributed by atoms with van der Waals surface area (Å²) in [6.45, 7) is 4.70. The van der Waals surface area contributed by atoms with E-state index in [-0.39, 0.29) is 16.5 Å². The number of carbonyl (C=O) groups excluding carboxylic acids is 3. The molecule has 11 heteroatoms. The van der Waals surface area contributed by atoms with E-state index >= 15 is 0 Å². The number of hydrogen-bond donors (Lipinski definition) is 2. The molecule has 3 aromatic carbocycles. The Morgan fingerprint density at radius 2 is 1.66 bits per heavy atom. The van der Waals surface area contributed by atoms with Crippen molar-refractivity contribution in [1.82, 2.24) is 5.43 Å². The Bertz CT molecular complexity index is 1330. The number of carbonyl (C=O) groups is 3. The number of nitrogens with zero attached hydrogens (tertiary/aromatic N) is 1. The summed E-state index contributed by atoms with van der Waals surface area (Å²) in [5, 5.41) is 6.72. The van der Waals surface area contributed by atoms with E-state index in [9.17, 15) is 14.4 Å². The lowest BCUT2D eigenvalue weighted by Gasteiger charge is -2.12. The second kappa shape index (κ2) is 14.0. The zero-order chi connectivity index (χ0) is 27.5. The lowest BCUT2D eigenvalue weighted by molar-refractivity contribution is -0.136. The molecule has 2 amide bonds. The number of rotatable bonds is 10. The average molecular weight is 558 g/mol. The number of amides is 2. The van der Waals surface area contributed by atoms with Gasteiger partial charge in [-0.05, 0) is 79.6 Å². The minimum absolute atomic E-state index is 0.190. The zero-order valence-corrected chi connectivity index (χ0v) is 22.1. The van der Waals surface area contributed by atoms with E-state index in [1.165, 1.54) is 18.3 Å². The SMILES string of the molecule is CCCOc1ccc(C(=O)Oc2ccc(/C=N/NC(=O)C(=O)Nc3cc(Cl)ccc3Cl)cc2OCC)cc1. The molecule has 0 unspecified atom stereocenters. The van der Waals surface area contributed by atoms with Crippen molar-refractivity contribution in [3.05, 3.63) is 81.8 Å². The highest BCUT2D eigenvalue weighted by atomic mass is 35.5. The predicted octanol–water partition coefficient (Wildman–Crippen LogP) is 5.49. The number of esters is 1. The van der Waals surface area contributed by atoms with Gasteiger partial charge in [0.05, 0.1) is 35.7 Å². The van der Waals surface area contributed by atoms with E-state index in [1.807, 2.05) is 6.92 Å². The minimum Gasteiger partial charge on any atom is -0.494 e. The van der Waals surface area contributed by atoms with Crippen molar-refractivity contribution in [2.75, 3.05) is 18.5 Å². The Balaban J connectivity index is 1.62. The lowest BCUT2D eigenvalue weighted by Crippen LogP contribution is -2.32. The molecule has 2 N–H and O–H groups in total. The van der Waals surface area contributed by atoms with Crippen molar-refractivity contribution in [3.8, 4) is 17.2 Å². The molecule has 198 valence electrons. The van der Waals surface area contributed by atoms with Gasteiger partial charge >= 0.3 is 17.8 Å². The lowest BCUT2D eigenvalue weighted by atomic mass is 10.2. The highest BCUT2D eigenvalue weighted by molar-refractivity contribution is 6.42. The van der Waals surface area contributed by atoms with E-state index in [2.05, 4.69) is 15.8 Å². The van der Waals surface area contributed by atoms with Crippen LogP contribution in [0.4, 0.5) is 5.69 Å². The highest BCUT2D eigenvalue weighted by Crippen LogP contribution is 2.29. The summed E-state index contributed by atoms with van der Waals surface area (Å²) in [4.78, 5) is 36.8. The van der Waals surface area contributed by atoms with Crippen LogP contribution in [0, 0.1) is 0 Å². The number of benzene rings is 3. The van der Waals surface area contributed by atoms with Gasteiger partial charge in [-0.3, -0.25) is 9.59 Å². The third-order valence-electron chi connectivity index (χ3n) is 4.80. The molecule has 0 bridgehead atoms. The van der Waals surface area contributed by atoms with Gasteiger partial charge in [0.15, 0.2) is 11.5 Å². The summed E-state index contributed by atoms with van der Waals surface area (Å²) in [6, 6.07) is 15.8. The fraction of sp³-hybridized carbons (Fsp3) is 0.185. The van der Waals surface area contributed by atoms with Crippen LogP contribution in [0.2, 0.25) is 10.0 Å². The van der Waals surface area contributed by atoms with Crippen molar-refractivity contribution in [2.24, 2.45) is 5.10 Å². The van der Waals surface area contributed by atoms with Crippen molar-refractivity contribution in [1.29, 1.82) is 0 Å². The molecular weight excluding hydrogens is 533 g/mol. The van der Waals surface area contributed by atoms with Gasteiger partial charge < -0.3 is 19.5 Å². The Kier molecular flexibility index (Phi) is 10.5.